The van der Waals surface area contributed by atoms with Gasteiger partial charge in [-0.05, 0) is 43.3 Å². The van der Waals surface area contributed by atoms with Crippen LogP contribution in [-0.4, -0.2) is 30.6 Å². The van der Waals surface area contributed by atoms with E-state index in [0.29, 0.717) is 11.5 Å². The van der Waals surface area contributed by atoms with E-state index in [2.05, 4.69) is 0 Å². The van der Waals surface area contributed by atoms with Gasteiger partial charge in [0.1, 0.15) is 12.4 Å². The molecule has 0 radical (unpaired) electrons. The number of carbonyl (C=O) groups is 2. The van der Waals surface area contributed by atoms with E-state index in [-0.39, 0.29) is 12.2 Å². The lowest BCUT2D eigenvalue weighted by Crippen LogP contribution is -2.40. The zero-order valence-electron chi connectivity index (χ0n) is 12.9. The molecule has 5 nitrogen and oxygen atoms in total. The molecular weight excluding hydrogens is 315 g/mol. The highest BCUT2D eigenvalue weighted by molar-refractivity contribution is 6.00. The van der Waals surface area contributed by atoms with Gasteiger partial charge in [-0.25, -0.2) is 9.18 Å². The number of hydrogen-bond donors (Lipinski definition) is 0. The van der Waals surface area contributed by atoms with Crippen molar-refractivity contribution in [3.8, 4) is 11.5 Å². The Labute approximate surface area is 138 Å². The van der Waals surface area contributed by atoms with E-state index in [9.17, 15) is 14.0 Å². The summed E-state index contributed by atoms with van der Waals surface area (Å²) in [6.07, 6.45) is -1.95. The van der Waals surface area contributed by atoms with Gasteiger partial charge in [0.2, 0.25) is 11.9 Å². The van der Waals surface area contributed by atoms with Crippen molar-refractivity contribution in [1.82, 2.24) is 0 Å². The molecule has 0 fully saturated rings. The molecule has 1 heterocycles. The summed E-state index contributed by atoms with van der Waals surface area (Å²) in [4.78, 5) is 24.4. The van der Waals surface area contributed by atoms with Crippen LogP contribution in [-0.2, 0) is 9.53 Å². The van der Waals surface area contributed by atoms with E-state index in [1.54, 1.807) is 24.3 Å². The highest BCUT2D eigenvalue weighted by atomic mass is 19.1. The Morgan fingerprint density at radius 2 is 1.79 bits per heavy atom. The molecule has 0 bridgehead atoms. The lowest BCUT2D eigenvalue weighted by molar-refractivity contribution is -0.157. The SMILES string of the molecule is C[C@H](OC(=O)[C@H]1COc2ccccc2O1)C(=O)c1ccc(F)cc1. The molecule has 1 aliphatic heterocycles. The second-order valence-electron chi connectivity index (χ2n) is 5.31. The number of fused-ring (bicyclic) bond motifs is 1. The van der Waals surface area contributed by atoms with Crippen molar-refractivity contribution >= 4 is 11.8 Å². The molecule has 1 aliphatic rings. The summed E-state index contributed by atoms with van der Waals surface area (Å²) >= 11 is 0. The van der Waals surface area contributed by atoms with Crippen molar-refractivity contribution in [3.05, 3.63) is 59.9 Å². The van der Waals surface area contributed by atoms with Crippen molar-refractivity contribution in [2.45, 2.75) is 19.1 Å². The fourth-order valence-corrected chi connectivity index (χ4v) is 2.29. The number of benzene rings is 2. The second-order valence-corrected chi connectivity index (χ2v) is 5.31. The lowest BCUT2D eigenvalue weighted by atomic mass is 10.1. The topological polar surface area (TPSA) is 61.8 Å². The summed E-state index contributed by atoms with van der Waals surface area (Å²) in [6.45, 7) is 1.47. The number of para-hydroxylation sites is 2. The van der Waals surface area contributed by atoms with E-state index < -0.39 is 29.8 Å². The average molecular weight is 330 g/mol. The van der Waals surface area contributed by atoms with Gasteiger partial charge in [-0.3, -0.25) is 4.79 Å². The van der Waals surface area contributed by atoms with Gasteiger partial charge < -0.3 is 14.2 Å². The van der Waals surface area contributed by atoms with Crippen molar-refractivity contribution in [1.29, 1.82) is 0 Å². The molecule has 0 amide bonds. The van der Waals surface area contributed by atoms with E-state index in [4.69, 9.17) is 14.2 Å². The third-order valence-corrected chi connectivity index (χ3v) is 3.56. The summed E-state index contributed by atoms with van der Waals surface area (Å²) in [5, 5.41) is 0. The standard InChI is InChI=1S/C18H15FO5/c1-11(17(20)12-6-8-13(19)9-7-12)23-18(21)16-10-22-14-4-2-3-5-15(14)24-16/h2-9,11,16H,10H2,1H3/t11-,16+/m0/s1. The smallest absolute Gasteiger partial charge is 0.351 e. The minimum absolute atomic E-state index is 0.00725. The zero-order chi connectivity index (χ0) is 17.1. The molecule has 24 heavy (non-hydrogen) atoms. The summed E-state index contributed by atoms with van der Waals surface area (Å²) in [5.74, 6) is -0.546. The second kappa shape index (κ2) is 6.70. The third kappa shape index (κ3) is 3.37. The quantitative estimate of drug-likeness (QED) is 0.637. The first-order valence-electron chi connectivity index (χ1n) is 7.43. The van der Waals surface area contributed by atoms with Crippen molar-refractivity contribution in [3.63, 3.8) is 0 Å². The molecule has 0 aromatic heterocycles. The first kappa shape index (κ1) is 16.0. The highest BCUT2D eigenvalue weighted by Gasteiger charge is 2.31. The molecule has 6 heteroatoms. The first-order valence-corrected chi connectivity index (χ1v) is 7.43. The van der Waals surface area contributed by atoms with Crippen molar-refractivity contribution < 1.29 is 28.2 Å². The monoisotopic (exact) mass is 330 g/mol. The molecule has 0 saturated heterocycles. The van der Waals surface area contributed by atoms with E-state index in [0.717, 1.165) is 0 Å². The number of rotatable bonds is 4. The van der Waals surface area contributed by atoms with E-state index >= 15 is 0 Å². The minimum Gasteiger partial charge on any atom is -0.485 e. The summed E-state index contributed by atoms with van der Waals surface area (Å²) in [5.41, 5.74) is 0.267. The van der Waals surface area contributed by atoms with Gasteiger partial charge in [0.25, 0.3) is 0 Å². The molecule has 0 spiro atoms. The molecular formula is C18H15FO5. The molecule has 2 atom stereocenters. The zero-order valence-corrected chi connectivity index (χ0v) is 12.9. The predicted octanol–water partition coefficient (Wildman–Crippen LogP) is 2.78. The molecule has 0 N–H and O–H groups in total. The first-order chi connectivity index (χ1) is 11.5. The summed E-state index contributed by atoms with van der Waals surface area (Å²) in [6, 6.07) is 12.0. The number of esters is 1. The van der Waals surface area contributed by atoms with Crippen LogP contribution in [0.1, 0.15) is 17.3 Å². The van der Waals surface area contributed by atoms with Crippen LogP contribution in [0.3, 0.4) is 0 Å². The summed E-state index contributed by atoms with van der Waals surface area (Å²) in [7, 11) is 0. The fourth-order valence-electron chi connectivity index (χ4n) is 2.29. The van der Waals surface area contributed by atoms with E-state index in [1.165, 1.54) is 31.2 Å². The molecule has 0 saturated carbocycles. The van der Waals surface area contributed by atoms with Crippen LogP contribution in [0.25, 0.3) is 0 Å². The Kier molecular flexibility index (Phi) is 4.46. The Balaban J connectivity index is 1.62. The number of carbonyl (C=O) groups excluding carboxylic acids is 2. The number of Topliss-reactive ketones (excluding diaryl/α,β-unsaturated/α-hetero) is 1. The minimum atomic E-state index is -1.01. The maximum absolute atomic E-state index is 12.9. The van der Waals surface area contributed by atoms with Crippen molar-refractivity contribution in [2.24, 2.45) is 0 Å². The normalized spacial score (nSPS) is 17.0. The predicted molar refractivity (Wildman–Crippen MR) is 82.6 cm³/mol. The van der Waals surface area contributed by atoms with Crippen LogP contribution in [0.15, 0.2) is 48.5 Å². The van der Waals surface area contributed by atoms with Gasteiger partial charge in [0.15, 0.2) is 17.6 Å². The van der Waals surface area contributed by atoms with Gasteiger partial charge in [-0.2, -0.15) is 0 Å². The Hall–Kier alpha value is -2.89. The maximum atomic E-state index is 12.9. The van der Waals surface area contributed by atoms with Gasteiger partial charge in [-0.1, -0.05) is 12.1 Å². The molecule has 0 unspecified atom stereocenters. The fraction of sp³-hybridized carbons (Fsp3) is 0.222. The van der Waals surface area contributed by atoms with Crippen LogP contribution >= 0.6 is 0 Å². The van der Waals surface area contributed by atoms with Crippen LogP contribution in [0.4, 0.5) is 4.39 Å². The highest BCUT2D eigenvalue weighted by Crippen LogP contribution is 2.31. The van der Waals surface area contributed by atoms with Gasteiger partial charge in [0.05, 0.1) is 0 Å². The molecule has 124 valence electrons. The number of ketones is 1. The third-order valence-electron chi connectivity index (χ3n) is 3.56. The number of ether oxygens (including phenoxy) is 3. The van der Waals surface area contributed by atoms with Crippen LogP contribution in [0, 0.1) is 5.82 Å². The van der Waals surface area contributed by atoms with Crippen LogP contribution in [0.5, 0.6) is 11.5 Å². The molecule has 2 aromatic carbocycles. The van der Waals surface area contributed by atoms with E-state index in [1.807, 2.05) is 0 Å². The van der Waals surface area contributed by atoms with Gasteiger partial charge in [0, 0.05) is 5.56 Å². The molecule has 0 aliphatic carbocycles. The van der Waals surface area contributed by atoms with Crippen LogP contribution < -0.4 is 9.47 Å². The number of halogens is 1. The van der Waals surface area contributed by atoms with Crippen molar-refractivity contribution in [2.75, 3.05) is 6.61 Å². The number of hydrogen-bond acceptors (Lipinski definition) is 5. The summed E-state index contributed by atoms with van der Waals surface area (Å²) < 4.78 is 29.0. The molecule has 2 aromatic rings. The van der Waals surface area contributed by atoms with Crippen LogP contribution in [0.2, 0.25) is 0 Å². The largest absolute Gasteiger partial charge is 0.485 e. The molecule has 3 rings (SSSR count). The lowest BCUT2D eigenvalue weighted by Gasteiger charge is -2.25. The van der Waals surface area contributed by atoms with Gasteiger partial charge in [-0.15, -0.1) is 0 Å². The van der Waals surface area contributed by atoms with Gasteiger partial charge >= 0.3 is 5.97 Å². The Morgan fingerprint density at radius 3 is 2.50 bits per heavy atom. The maximum Gasteiger partial charge on any atom is 0.351 e. The average Bonchev–Trinajstić information content (AvgIpc) is 2.61. The Morgan fingerprint density at radius 1 is 1.12 bits per heavy atom. The Bertz CT molecular complexity index is 756.